The molecule has 0 saturated carbocycles. The maximum atomic E-state index is 13.3. The third-order valence-electron chi connectivity index (χ3n) is 3.24. The van der Waals surface area contributed by atoms with Gasteiger partial charge in [0.1, 0.15) is 6.61 Å². The van der Waals surface area contributed by atoms with Crippen molar-refractivity contribution in [1.29, 1.82) is 0 Å². The Morgan fingerprint density at radius 3 is 2.52 bits per heavy atom. The molecule has 1 amide bonds. The van der Waals surface area contributed by atoms with Gasteiger partial charge in [0.2, 0.25) is 0 Å². The lowest BCUT2D eigenvalue weighted by Crippen LogP contribution is -2.23. The van der Waals surface area contributed by atoms with Crippen molar-refractivity contribution in [1.82, 2.24) is 5.32 Å². The molecule has 0 heterocycles. The Balaban J connectivity index is 1.82. The van der Waals surface area contributed by atoms with E-state index in [0.717, 1.165) is 0 Å². The maximum absolute atomic E-state index is 13.3. The van der Waals surface area contributed by atoms with Gasteiger partial charge >= 0.3 is 0 Å². The van der Waals surface area contributed by atoms with Crippen LogP contribution in [0.3, 0.4) is 0 Å². The number of hydrogen-bond donors (Lipinski definition) is 1. The number of rotatable bonds is 6. The molecule has 0 saturated heterocycles. The number of ether oxygens (including phenoxy) is 3. The standard InChI is InChI=1S/C19H18FNO4/c1-23-17-10-9-14(13-18(17)24-2)19(22)21-11-5-6-12-25-16-8-4-3-7-15(16)20/h3-4,7-10,13H,11-12H2,1-2H3,(H,21,22). The number of nitrogens with one attached hydrogen (secondary N) is 1. The molecular formula is C19H18FNO4. The lowest BCUT2D eigenvalue weighted by molar-refractivity contribution is 0.0958. The van der Waals surface area contributed by atoms with Gasteiger partial charge in [-0.1, -0.05) is 24.0 Å². The van der Waals surface area contributed by atoms with Gasteiger partial charge < -0.3 is 19.5 Å². The molecule has 2 aromatic rings. The first-order valence-corrected chi connectivity index (χ1v) is 7.49. The molecule has 1 N–H and O–H groups in total. The zero-order valence-electron chi connectivity index (χ0n) is 14.0. The van der Waals surface area contributed by atoms with Crippen LogP contribution in [0.2, 0.25) is 0 Å². The van der Waals surface area contributed by atoms with Crippen molar-refractivity contribution in [2.75, 3.05) is 27.4 Å². The van der Waals surface area contributed by atoms with Gasteiger partial charge in [-0.2, -0.15) is 0 Å². The lowest BCUT2D eigenvalue weighted by Gasteiger charge is -2.09. The van der Waals surface area contributed by atoms with E-state index < -0.39 is 5.82 Å². The van der Waals surface area contributed by atoms with Gasteiger partial charge in [-0.05, 0) is 30.3 Å². The molecule has 0 aliphatic rings. The van der Waals surface area contributed by atoms with Crippen LogP contribution in [0.1, 0.15) is 10.4 Å². The number of carbonyl (C=O) groups is 1. The van der Waals surface area contributed by atoms with Crippen molar-refractivity contribution >= 4 is 5.91 Å². The molecule has 0 unspecified atom stereocenters. The highest BCUT2D eigenvalue weighted by molar-refractivity contribution is 5.95. The van der Waals surface area contributed by atoms with Gasteiger partial charge in [-0.3, -0.25) is 4.79 Å². The number of carbonyl (C=O) groups excluding carboxylic acids is 1. The van der Waals surface area contributed by atoms with Gasteiger partial charge in [-0.25, -0.2) is 4.39 Å². The van der Waals surface area contributed by atoms with Gasteiger partial charge in [0.15, 0.2) is 23.1 Å². The molecule has 6 heteroatoms. The van der Waals surface area contributed by atoms with E-state index in [-0.39, 0.29) is 24.8 Å². The topological polar surface area (TPSA) is 56.8 Å². The van der Waals surface area contributed by atoms with Crippen LogP contribution in [0.4, 0.5) is 4.39 Å². The minimum absolute atomic E-state index is 0.0349. The molecule has 0 aromatic heterocycles. The minimum Gasteiger partial charge on any atom is -0.493 e. The van der Waals surface area contributed by atoms with E-state index in [1.807, 2.05) is 0 Å². The summed E-state index contributed by atoms with van der Waals surface area (Å²) in [7, 11) is 3.02. The number of amides is 1. The zero-order valence-corrected chi connectivity index (χ0v) is 14.0. The molecule has 130 valence electrons. The fraction of sp³-hybridized carbons (Fsp3) is 0.211. The van der Waals surface area contributed by atoms with Crippen molar-refractivity contribution < 1.29 is 23.4 Å². The molecule has 2 rings (SSSR count). The van der Waals surface area contributed by atoms with Gasteiger partial charge in [0.25, 0.3) is 5.91 Å². The largest absolute Gasteiger partial charge is 0.493 e. The van der Waals surface area contributed by atoms with Gasteiger partial charge in [0, 0.05) is 5.56 Å². The van der Waals surface area contributed by atoms with Crippen LogP contribution in [0.5, 0.6) is 17.2 Å². The Kier molecular flexibility index (Phi) is 6.66. The van der Waals surface area contributed by atoms with Gasteiger partial charge in [0.05, 0.1) is 20.8 Å². The summed E-state index contributed by atoms with van der Waals surface area (Å²) >= 11 is 0. The third kappa shape index (κ3) is 5.15. The fourth-order valence-corrected chi connectivity index (χ4v) is 1.99. The van der Waals surface area contributed by atoms with Crippen LogP contribution in [-0.2, 0) is 0 Å². The van der Waals surface area contributed by atoms with Crippen molar-refractivity contribution in [3.63, 3.8) is 0 Å². The number of halogens is 1. The smallest absolute Gasteiger partial charge is 0.252 e. The summed E-state index contributed by atoms with van der Waals surface area (Å²) in [5, 5.41) is 2.66. The molecule has 5 nitrogen and oxygen atoms in total. The zero-order chi connectivity index (χ0) is 18.1. The second-order valence-corrected chi connectivity index (χ2v) is 4.83. The van der Waals surface area contributed by atoms with Crippen LogP contribution in [0.25, 0.3) is 0 Å². The highest BCUT2D eigenvalue weighted by Gasteiger charge is 2.09. The molecule has 0 bridgehead atoms. The van der Waals surface area contributed by atoms with Crippen LogP contribution in [0.15, 0.2) is 42.5 Å². The Hall–Kier alpha value is -3.20. The maximum Gasteiger partial charge on any atom is 0.252 e. The van der Waals surface area contributed by atoms with Crippen LogP contribution < -0.4 is 19.5 Å². The van der Waals surface area contributed by atoms with E-state index in [0.29, 0.717) is 17.1 Å². The molecule has 0 aliphatic carbocycles. The summed E-state index contributed by atoms with van der Waals surface area (Å²) in [5.41, 5.74) is 0.432. The number of para-hydroxylation sites is 1. The predicted molar refractivity (Wildman–Crippen MR) is 91.6 cm³/mol. The Morgan fingerprint density at radius 2 is 1.80 bits per heavy atom. The molecule has 25 heavy (non-hydrogen) atoms. The van der Waals surface area contributed by atoms with Crippen molar-refractivity contribution in [3.8, 4) is 29.1 Å². The van der Waals surface area contributed by atoms with Crippen LogP contribution in [0, 0.1) is 17.7 Å². The first-order chi connectivity index (χ1) is 12.2. The molecule has 2 aromatic carbocycles. The number of benzene rings is 2. The monoisotopic (exact) mass is 343 g/mol. The summed E-state index contributed by atoms with van der Waals surface area (Å²) in [6, 6.07) is 11.0. The lowest BCUT2D eigenvalue weighted by atomic mass is 10.2. The molecule has 0 fully saturated rings. The second kappa shape index (κ2) is 9.18. The third-order valence-corrected chi connectivity index (χ3v) is 3.24. The first kappa shape index (κ1) is 18.1. The summed E-state index contributed by atoms with van der Waals surface area (Å²) in [4.78, 5) is 12.1. The van der Waals surface area contributed by atoms with E-state index in [4.69, 9.17) is 14.2 Å². The number of methoxy groups -OCH3 is 2. The quantitative estimate of drug-likeness (QED) is 0.820. The van der Waals surface area contributed by atoms with Gasteiger partial charge in [-0.15, -0.1) is 0 Å². The Labute approximate surface area is 145 Å². The van der Waals surface area contributed by atoms with Crippen LogP contribution >= 0.6 is 0 Å². The Morgan fingerprint density at radius 1 is 1.04 bits per heavy atom. The van der Waals surface area contributed by atoms with E-state index >= 15 is 0 Å². The molecule has 0 radical (unpaired) electrons. The summed E-state index contributed by atoms with van der Waals surface area (Å²) in [5.74, 6) is 5.89. The van der Waals surface area contributed by atoms with E-state index in [1.54, 1.807) is 30.3 Å². The predicted octanol–water partition coefficient (Wildman–Crippen LogP) is 2.66. The normalized spacial score (nSPS) is 9.56. The average molecular weight is 343 g/mol. The molecule has 0 spiro atoms. The highest BCUT2D eigenvalue weighted by atomic mass is 19.1. The van der Waals surface area contributed by atoms with Crippen molar-refractivity contribution in [2.45, 2.75) is 0 Å². The van der Waals surface area contributed by atoms with E-state index in [9.17, 15) is 9.18 Å². The van der Waals surface area contributed by atoms with Crippen LogP contribution in [-0.4, -0.2) is 33.3 Å². The minimum atomic E-state index is -0.439. The summed E-state index contributed by atoms with van der Waals surface area (Å²) < 4.78 is 28.8. The SMILES string of the molecule is COc1ccc(C(=O)NCC#CCOc2ccccc2F)cc1OC. The fourth-order valence-electron chi connectivity index (χ4n) is 1.99. The Bertz CT molecular complexity index is 795. The molecular weight excluding hydrogens is 325 g/mol. The first-order valence-electron chi connectivity index (χ1n) is 7.49. The molecule has 0 atom stereocenters. The summed E-state index contributed by atoms with van der Waals surface area (Å²) in [6.07, 6.45) is 0. The highest BCUT2D eigenvalue weighted by Crippen LogP contribution is 2.27. The van der Waals surface area contributed by atoms with Crippen molar-refractivity contribution in [3.05, 3.63) is 53.8 Å². The van der Waals surface area contributed by atoms with E-state index in [2.05, 4.69) is 17.2 Å². The molecule has 0 aliphatic heterocycles. The van der Waals surface area contributed by atoms with Crippen molar-refractivity contribution in [2.24, 2.45) is 0 Å². The van der Waals surface area contributed by atoms with E-state index in [1.165, 1.54) is 26.4 Å². The number of hydrogen-bond acceptors (Lipinski definition) is 4. The second-order valence-electron chi connectivity index (χ2n) is 4.83. The summed E-state index contributed by atoms with van der Waals surface area (Å²) in [6.45, 7) is 0.182. The average Bonchev–Trinajstić information content (AvgIpc) is 2.65.